The van der Waals surface area contributed by atoms with Gasteiger partial charge in [0.15, 0.2) is 0 Å². The van der Waals surface area contributed by atoms with E-state index in [1.165, 1.54) is 6.33 Å². The molecule has 0 bridgehead atoms. The van der Waals surface area contributed by atoms with Gasteiger partial charge in [-0.3, -0.25) is 4.57 Å². The number of imidazole rings is 1. The van der Waals surface area contributed by atoms with E-state index in [1.807, 2.05) is 18.4 Å². The fourth-order valence-corrected chi connectivity index (χ4v) is 1.66. The number of nitrogens with two attached hydrogens (primary N) is 1. The maximum absolute atomic E-state index is 5.84. The van der Waals surface area contributed by atoms with Crippen LogP contribution >= 0.6 is 11.6 Å². The highest BCUT2D eigenvalue weighted by Gasteiger charge is 2.13. The molecule has 1 atom stereocenters. The van der Waals surface area contributed by atoms with Crippen LogP contribution in [0.25, 0.3) is 5.82 Å². The van der Waals surface area contributed by atoms with Gasteiger partial charge in [0.25, 0.3) is 0 Å². The normalized spacial score (nSPS) is 12.8. The molecule has 84 valence electrons. The molecule has 16 heavy (non-hydrogen) atoms. The summed E-state index contributed by atoms with van der Waals surface area (Å²) in [5.41, 5.74) is 6.80. The second-order valence-electron chi connectivity index (χ2n) is 3.58. The fraction of sp³-hybridized carbons (Fsp3) is 0.300. The van der Waals surface area contributed by atoms with Crippen LogP contribution in [0.5, 0.6) is 0 Å². The Bertz CT molecular complexity index is 506. The van der Waals surface area contributed by atoms with Crippen LogP contribution in [-0.2, 0) is 0 Å². The standard InChI is InChI=1S/C10H12ClN5/c1-6-4-13-10(7(2)12)16(6)9-3-8(11)14-5-15-9/h3-5,7H,12H2,1-2H3/t7-/m0/s1. The van der Waals surface area contributed by atoms with Crippen molar-refractivity contribution >= 4 is 11.6 Å². The van der Waals surface area contributed by atoms with Crippen LogP contribution in [0.15, 0.2) is 18.6 Å². The Kier molecular flexibility index (Phi) is 2.89. The van der Waals surface area contributed by atoms with Crippen molar-refractivity contribution in [2.45, 2.75) is 19.9 Å². The van der Waals surface area contributed by atoms with E-state index >= 15 is 0 Å². The van der Waals surface area contributed by atoms with E-state index in [1.54, 1.807) is 12.3 Å². The van der Waals surface area contributed by atoms with Gasteiger partial charge in [0.2, 0.25) is 0 Å². The topological polar surface area (TPSA) is 69.6 Å². The lowest BCUT2D eigenvalue weighted by Crippen LogP contribution is -2.14. The van der Waals surface area contributed by atoms with Crippen LogP contribution in [0.3, 0.4) is 0 Å². The molecule has 0 aliphatic rings. The molecule has 0 amide bonds. The Morgan fingerprint density at radius 2 is 2.12 bits per heavy atom. The quantitative estimate of drug-likeness (QED) is 0.807. The maximum atomic E-state index is 5.84. The van der Waals surface area contributed by atoms with Gasteiger partial charge in [0.1, 0.15) is 23.1 Å². The second kappa shape index (κ2) is 4.19. The van der Waals surface area contributed by atoms with Crippen LogP contribution in [0.4, 0.5) is 0 Å². The molecule has 0 spiro atoms. The van der Waals surface area contributed by atoms with Crippen LogP contribution < -0.4 is 5.73 Å². The molecule has 2 rings (SSSR count). The van der Waals surface area contributed by atoms with E-state index in [-0.39, 0.29) is 6.04 Å². The van der Waals surface area contributed by atoms with Crippen molar-refractivity contribution in [3.05, 3.63) is 35.3 Å². The summed E-state index contributed by atoms with van der Waals surface area (Å²) in [5.74, 6) is 1.44. The van der Waals surface area contributed by atoms with Gasteiger partial charge in [-0.15, -0.1) is 0 Å². The molecule has 0 unspecified atom stereocenters. The Balaban J connectivity index is 2.59. The Morgan fingerprint density at radius 3 is 2.75 bits per heavy atom. The van der Waals surface area contributed by atoms with Crippen molar-refractivity contribution < 1.29 is 0 Å². The van der Waals surface area contributed by atoms with Crippen LogP contribution in [0.2, 0.25) is 5.15 Å². The summed E-state index contributed by atoms with van der Waals surface area (Å²) < 4.78 is 1.87. The van der Waals surface area contributed by atoms with Crippen LogP contribution in [-0.4, -0.2) is 19.5 Å². The Morgan fingerprint density at radius 1 is 1.38 bits per heavy atom. The number of aryl methyl sites for hydroxylation is 1. The first kappa shape index (κ1) is 11.0. The van der Waals surface area contributed by atoms with E-state index < -0.39 is 0 Å². The Labute approximate surface area is 98.3 Å². The minimum atomic E-state index is -0.164. The van der Waals surface area contributed by atoms with Crippen molar-refractivity contribution in [2.24, 2.45) is 5.73 Å². The summed E-state index contributed by atoms with van der Waals surface area (Å²) in [6, 6.07) is 1.52. The van der Waals surface area contributed by atoms with Gasteiger partial charge in [-0.2, -0.15) is 0 Å². The predicted octanol–water partition coefficient (Wildman–Crippen LogP) is 1.64. The van der Waals surface area contributed by atoms with Crippen molar-refractivity contribution in [2.75, 3.05) is 0 Å². The zero-order valence-corrected chi connectivity index (χ0v) is 9.81. The van der Waals surface area contributed by atoms with E-state index in [4.69, 9.17) is 17.3 Å². The number of nitrogens with zero attached hydrogens (tertiary/aromatic N) is 4. The highest BCUT2D eigenvalue weighted by molar-refractivity contribution is 6.29. The smallest absolute Gasteiger partial charge is 0.143 e. The number of rotatable bonds is 2. The molecule has 2 aromatic heterocycles. The summed E-state index contributed by atoms with van der Waals surface area (Å²) >= 11 is 5.83. The zero-order chi connectivity index (χ0) is 11.7. The molecule has 6 heteroatoms. The molecule has 0 aliphatic heterocycles. The maximum Gasteiger partial charge on any atom is 0.143 e. The van der Waals surface area contributed by atoms with Gasteiger partial charge in [0.05, 0.1) is 6.04 Å². The largest absolute Gasteiger partial charge is 0.322 e. The summed E-state index contributed by atoms with van der Waals surface area (Å²) in [7, 11) is 0. The molecule has 0 radical (unpaired) electrons. The highest BCUT2D eigenvalue weighted by Crippen LogP contribution is 2.17. The first-order valence-electron chi connectivity index (χ1n) is 4.87. The molecule has 2 aromatic rings. The monoisotopic (exact) mass is 237 g/mol. The van der Waals surface area contributed by atoms with Crippen LogP contribution in [0.1, 0.15) is 24.5 Å². The predicted molar refractivity (Wildman–Crippen MR) is 61.5 cm³/mol. The summed E-state index contributed by atoms with van der Waals surface area (Å²) in [6.45, 7) is 3.82. The first-order valence-corrected chi connectivity index (χ1v) is 5.25. The molecular formula is C10H12ClN5. The average molecular weight is 238 g/mol. The van der Waals surface area contributed by atoms with Gasteiger partial charge < -0.3 is 5.73 Å². The van der Waals surface area contributed by atoms with Crippen LogP contribution in [0, 0.1) is 6.92 Å². The van der Waals surface area contributed by atoms with Crippen molar-refractivity contribution in [3.8, 4) is 5.82 Å². The van der Waals surface area contributed by atoms with E-state index in [0.717, 1.165) is 11.5 Å². The molecule has 0 aromatic carbocycles. The van der Waals surface area contributed by atoms with Gasteiger partial charge in [-0.05, 0) is 13.8 Å². The second-order valence-corrected chi connectivity index (χ2v) is 3.97. The van der Waals surface area contributed by atoms with E-state index in [9.17, 15) is 0 Å². The molecule has 0 saturated heterocycles. The van der Waals surface area contributed by atoms with Gasteiger partial charge in [-0.1, -0.05) is 11.6 Å². The third-order valence-electron chi connectivity index (χ3n) is 2.22. The highest BCUT2D eigenvalue weighted by atomic mass is 35.5. The van der Waals surface area contributed by atoms with Gasteiger partial charge in [0, 0.05) is 18.0 Å². The molecule has 2 N–H and O–H groups in total. The molecular weight excluding hydrogens is 226 g/mol. The number of halogens is 1. The summed E-state index contributed by atoms with van der Waals surface area (Å²) in [5, 5.41) is 0.397. The van der Waals surface area contributed by atoms with Gasteiger partial charge in [-0.25, -0.2) is 15.0 Å². The first-order chi connectivity index (χ1) is 7.59. The van der Waals surface area contributed by atoms with E-state index in [0.29, 0.717) is 11.0 Å². The minimum absolute atomic E-state index is 0.164. The fourth-order valence-electron chi connectivity index (χ4n) is 1.52. The molecule has 2 heterocycles. The summed E-state index contributed by atoms with van der Waals surface area (Å²) in [4.78, 5) is 12.3. The third kappa shape index (κ3) is 1.91. The SMILES string of the molecule is Cc1cnc([C@H](C)N)n1-c1cc(Cl)ncn1. The third-order valence-corrected chi connectivity index (χ3v) is 2.43. The van der Waals surface area contributed by atoms with Gasteiger partial charge >= 0.3 is 0 Å². The molecule has 5 nitrogen and oxygen atoms in total. The summed E-state index contributed by atoms with van der Waals surface area (Å²) in [6.07, 6.45) is 3.18. The number of aromatic nitrogens is 4. The van der Waals surface area contributed by atoms with Crippen molar-refractivity contribution in [3.63, 3.8) is 0 Å². The van der Waals surface area contributed by atoms with E-state index in [2.05, 4.69) is 15.0 Å². The lowest BCUT2D eigenvalue weighted by atomic mass is 10.3. The van der Waals surface area contributed by atoms with Crippen molar-refractivity contribution in [1.29, 1.82) is 0 Å². The zero-order valence-electron chi connectivity index (χ0n) is 9.05. The average Bonchev–Trinajstić information content (AvgIpc) is 2.60. The molecule has 0 aliphatic carbocycles. The number of hydrogen-bond acceptors (Lipinski definition) is 4. The number of hydrogen-bond donors (Lipinski definition) is 1. The lowest BCUT2D eigenvalue weighted by Gasteiger charge is -2.11. The Hall–Kier alpha value is -1.46. The van der Waals surface area contributed by atoms with Crippen molar-refractivity contribution in [1.82, 2.24) is 19.5 Å². The molecule has 0 saturated carbocycles. The minimum Gasteiger partial charge on any atom is -0.322 e. The molecule has 0 fully saturated rings. The lowest BCUT2D eigenvalue weighted by molar-refractivity contribution is 0.707.